The van der Waals surface area contributed by atoms with Gasteiger partial charge in [-0.25, -0.2) is 8.78 Å². The summed E-state index contributed by atoms with van der Waals surface area (Å²) in [6, 6.07) is 4.28. The molecule has 0 radical (unpaired) electrons. The summed E-state index contributed by atoms with van der Waals surface area (Å²) >= 11 is 0. The highest BCUT2D eigenvalue weighted by Gasteiger charge is 2.28. The molecule has 1 aliphatic heterocycles. The van der Waals surface area contributed by atoms with Crippen molar-refractivity contribution in [2.45, 2.75) is 45.2 Å². The van der Waals surface area contributed by atoms with E-state index in [9.17, 15) is 8.78 Å². The largest absolute Gasteiger partial charge is 0.363 e. The van der Waals surface area contributed by atoms with E-state index in [0.29, 0.717) is 11.7 Å². The minimum Gasteiger partial charge on any atom is -0.363 e. The number of hydrogen-bond acceptors (Lipinski definition) is 2. The van der Waals surface area contributed by atoms with Crippen LogP contribution in [0, 0.1) is 11.6 Å². The average Bonchev–Trinajstić information content (AvgIpc) is 2.42. The van der Waals surface area contributed by atoms with E-state index in [-0.39, 0.29) is 17.7 Å². The molecule has 2 atom stereocenters. The second kappa shape index (κ2) is 6.33. The lowest BCUT2D eigenvalue weighted by Gasteiger charge is -2.42. The van der Waals surface area contributed by atoms with Crippen molar-refractivity contribution in [2.24, 2.45) is 0 Å². The first kappa shape index (κ1) is 14.3. The summed E-state index contributed by atoms with van der Waals surface area (Å²) in [4.78, 5) is 2.02. The van der Waals surface area contributed by atoms with Gasteiger partial charge in [0.15, 0.2) is 0 Å². The minimum atomic E-state index is -0.378. The van der Waals surface area contributed by atoms with Crippen molar-refractivity contribution < 1.29 is 8.78 Å². The van der Waals surface area contributed by atoms with Gasteiger partial charge in [0.2, 0.25) is 0 Å². The minimum absolute atomic E-state index is 0.226. The first-order chi connectivity index (χ1) is 9.15. The highest BCUT2D eigenvalue weighted by molar-refractivity contribution is 5.50. The maximum Gasteiger partial charge on any atom is 0.146 e. The zero-order valence-electron chi connectivity index (χ0n) is 11.6. The molecule has 0 bridgehead atoms. The van der Waals surface area contributed by atoms with Crippen LogP contribution in [0.3, 0.4) is 0 Å². The molecular formula is C15H22F2N2. The van der Waals surface area contributed by atoms with Crippen LogP contribution >= 0.6 is 0 Å². The van der Waals surface area contributed by atoms with Crippen LogP contribution in [0.4, 0.5) is 14.5 Å². The summed E-state index contributed by atoms with van der Waals surface area (Å²) in [7, 11) is 0. The van der Waals surface area contributed by atoms with Crippen molar-refractivity contribution in [3.05, 3.63) is 29.8 Å². The summed E-state index contributed by atoms with van der Waals surface area (Å²) in [6.45, 7) is 5.79. The first-order valence-electron chi connectivity index (χ1n) is 7.10. The monoisotopic (exact) mass is 268 g/mol. The highest BCUT2D eigenvalue weighted by Crippen LogP contribution is 2.26. The Morgan fingerprint density at radius 1 is 1.32 bits per heavy atom. The Morgan fingerprint density at radius 2 is 2.11 bits per heavy atom. The highest BCUT2D eigenvalue weighted by atomic mass is 19.1. The third kappa shape index (κ3) is 3.24. The Balaban J connectivity index is 2.24. The van der Waals surface area contributed by atoms with Gasteiger partial charge in [-0.1, -0.05) is 20.3 Å². The van der Waals surface area contributed by atoms with Gasteiger partial charge in [-0.2, -0.15) is 0 Å². The van der Waals surface area contributed by atoms with Crippen LogP contribution in [0.1, 0.15) is 33.1 Å². The molecular weight excluding hydrogens is 246 g/mol. The van der Waals surface area contributed by atoms with E-state index in [1.54, 1.807) is 0 Å². The molecule has 0 spiro atoms. The van der Waals surface area contributed by atoms with E-state index < -0.39 is 0 Å². The quantitative estimate of drug-likeness (QED) is 0.901. The number of piperazine rings is 1. The molecule has 4 heteroatoms. The normalized spacial score (nSPS) is 23.7. The average molecular weight is 268 g/mol. The Labute approximate surface area is 113 Å². The van der Waals surface area contributed by atoms with E-state index in [0.717, 1.165) is 32.4 Å². The van der Waals surface area contributed by atoms with Gasteiger partial charge in [0.1, 0.15) is 11.6 Å². The molecule has 106 valence electrons. The molecule has 0 amide bonds. The lowest BCUT2D eigenvalue weighted by Crippen LogP contribution is -2.56. The number of anilines is 1. The van der Waals surface area contributed by atoms with E-state index in [1.807, 2.05) is 4.90 Å². The molecule has 0 aliphatic carbocycles. The van der Waals surface area contributed by atoms with Crippen LogP contribution in [0.5, 0.6) is 0 Å². The number of halogens is 2. The standard InChI is InChI=1S/C15H22F2N2/c1-3-5-12-10-19(13(4-2)9-18-12)15-8-11(16)6-7-14(15)17/h6-8,12-13,18H,3-5,9-10H2,1-2H3. The van der Waals surface area contributed by atoms with Gasteiger partial charge in [-0.05, 0) is 25.0 Å². The fourth-order valence-electron chi connectivity index (χ4n) is 2.77. The van der Waals surface area contributed by atoms with Crippen LogP contribution in [0.2, 0.25) is 0 Å². The van der Waals surface area contributed by atoms with Gasteiger partial charge in [0.05, 0.1) is 5.69 Å². The summed E-state index contributed by atoms with van der Waals surface area (Å²) in [5, 5.41) is 3.50. The Hall–Kier alpha value is -1.16. The first-order valence-corrected chi connectivity index (χ1v) is 7.10. The Bertz CT molecular complexity index is 423. The van der Waals surface area contributed by atoms with Crippen molar-refractivity contribution in [3.8, 4) is 0 Å². The number of nitrogens with zero attached hydrogens (tertiary/aromatic N) is 1. The smallest absolute Gasteiger partial charge is 0.146 e. The number of benzene rings is 1. The fourth-order valence-corrected chi connectivity index (χ4v) is 2.77. The van der Waals surface area contributed by atoms with Crippen LogP contribution in [0.25, 0.3) is 0 Å². The molecule has 2 unspecified atom stereocenters. The van der Waals surface area contributed by atoms with Crippen molar-refractivity contribution in [1.82, 2.24) is 5.32 Å². The van der Waals surface area contributed by atoms with Gasteiger partial charge >= 0.3 is 0 Å². The maximum atomic E-state index is 13.9. The van der Waals surface area contributed by atoms with Gasteiger partial charge in [0, 0.05) is 31.2 Å². The van der Waals surface area contributed by atoms with Crippen molar-refractivity contribution in [2.75, 3.05) is 18.0 Å². The second-order valence-corrected chi connectivity index (χ2v) is 5.20. The molecule has 1 fully saturated rings. The molecule has 2 nitrogen and oxygen atoms in total. The van der Waals surface area contributed by atoms with Gasteiger partial charge in [-0.15, -0.1) is 0 Å². The second-order valence-electron chi connectivity index (χ2n) is 5.20. The molecule has 19 heavy (non-hydrogen) atoms. The van der Waals surface area contributed by atoms with Crippen LogP contribution < -0.4 is 10.2 Å². The molecule has 2 rings (SSSR count). The molecule has 1 N–H and O–H groups in total. The van der Waals surface area contributed by atoms with E-state index in [2.05, 4.69) is 19.2 Å². The van der Waals surface area contributed by atoms with Gasteiger partial charge in [-0.3, -0.25) is 0 Å². The summed E-state index contributed by atoms with van der Waals surface area (Å²) in [5.74, 6) is -0.714. The maximum absolute atomic E-state index is 13.9. The Morgan fingerprint density at radius 3 is 2.79 bits per heavy atom. The van der Waals surface area contributed by atoms with E-state index >= 15 is 0 Å². The zero-order chi connectivity index (χ0) is 13.8. The lowest BCUT2D eigenvalue weighted by molar-refractivity contribution is 0.366. The van der Waals surface area contributed by atoms with E-state index in [4.69, 9.17) is 0 Å². The third-order valence-corrected chi connectivity index (χ3v) is 3.83. The zero-order valence-corrected chi connectivity index (χ0v) is 11.6. The summed E-state index contributed by atoms with van der Waals surface area (Å²) in [5.41, 5.74) is 0.398. The molecule has 1 saturated heterocycles. The molecule has 1 aromatic carbocycles. The summed E-state index contributed by atoms with van der Waals surface area (Å²) in [6.07, 6.45) is 3.07. The molecule has 0 saturated carbocycles. The number of rotatable bonds is 4. The van der Waals surface area contributed by atoms with Crippen LogP contribution in [-0.2, 0) is 0 Å². The van der Waals surface area contributed by atoms with E-state index in [1.165, 1.54) is 18.2 Å². The third-order valence-electron chi connectivity index (χ3n) is 3.83. The molecule has 1 aliphatic rings. The topological polar surface area (TPSA) is 15.3 Å². The van der Waals surface area contributed by atoms with Crippen LogP contribution in [0.15, 0.2) is 18.2 Å². The van der Waals surface area contributed by atoms with Crippen molar-refractivity contribution in [1.29, 1.82) is 0 Å². The fraction of sp³-hybridized carbons (Fsp3) is 0.600. The van der Waals surface area contributed by atoms with Crippen molar-refractivity contribution in [3.63, 3.8) is 0 Å². The predicted octanol–water partition coefficient (Wildman–Crippen LogP) is 3.32. The molecule has 0 aromatic heterocycles. The Kier molecular flexibility index (Phi) is 4.75. The lowest BCUT2D eigenvalue weighted by atomic mass is 10.0. The van der Waals surface area contributed by atoms with Gasteiger partial charge < -0.3 is 10.2 Å². The van der Waals surface area contributed by atoms with Crippen LogP contribution in [-0.4, -0.2) is 25.2 Å². The predicted molar refractivity (Wildman–Crippen MR) is 74.5 cm³/mol. The molecule has 1 heterocycles. The number of hydrogen-bond donors (Lipinski definition) is 1. The number of nitrogens with one attached hydrogen (secondary N) is 1. The summed E-state index contributed by atoms with van der Waals surface area (Å²) < 4.78 is 27.3. The SMILES string of the molecule is CCCC1CN(c2cc(F)ccc2F)C(CC)CN1. The molecule has 1 aromatic rings. The van der Waals surface area contributed by atoms with Gasteiger partial charge in [0.25, 0.3) is 0 Å². The van der Waals surface area contributed by atoms with Crippen molar-refractivity contribution >= 4 is 5.69 Å².